The topological polar surface area (TPSA) is 64.6 Å². The van der Waals surface area contributed by atoms with Crippen molar-refractivity contribution < 1.29 is 17.9 Å². The summed E-state index contributed by atoms with van der Waals surface area (Å²) >= 11 is 0. The summed E-state index contributed by atoms with van der Waals surface area (Å²) in [5.41, 5.74) is 0. The first kappa shape index (κ1) is 17.1. The number of rotatable bonds is 5. The van der Waals surface area contributed by atoms with Crippen molar-refractivity contribution in [2.45, 2.75) is 44.0 Å². The van der Waals surface area contributed by atoms with Gasteiger partial charge in [-0.15, -0.1) is 0 Å². The Bertz CT molecular complexity index is 615. The second-order valence-electron chi connectivity index (χ2n) is 6.01. The van der Waals surface area contributed by atoms with Crippen molar-refractivity contribution in [3.05, 3.63) is 18.2 Å². The number of methoxy groups -OCH3 is 2. The highest BCUT2D eigenvalue weighted by molar-refractivity contribution is 7.89. The van der Waals surface area contributed by atoms with Crippen LogP contribution in [-0.4, -0.2) is 28.7 Å². The molecule has 1 aliphatic rings. The highest BCUT2D eigenvalue weighted by Crippen LogP contribution is 2.32. The van der Waals surface area contributed by atoms with E-state index in [1.807, 2.05) is 0 Å². The third-order valence-corrected chi connectivity index (χ3v) is 6.17. The van der Waals surface area contributed by atoms with Gasteiger partial charge in [-0.3, -0.25) is 0 Å². The first-order valence-corrected chi connectivity index (χ1v) is 9.11. The average molecular weight is 327 g/mol. The first-order valence-electron chi connectivity index (χ1n) is 7.63. The molecular weight excluding hydrogens is 302 g/mol. The first-order chi connectivity index (χ1) is 10.4. The van der Waals surface area contributed by atoms with Crippen molar-refractivity contribution in [2.24, 2.45) is 11.8 Å². The molecule has 6 heteroatoms. The van der Waals surface area contributed by atoms with Gasteiger partial charge in [0.25, 0.3) is 0 Å². The zero-order valence-electron chi connectivity index (χ0n) is 13.6. The quantitative estimate of drug-likeness (QED) is 0.903. The molecule has 0 heterocycles. The van der Waals surface area contributed by atoms with Gasteiger partial charge in [0.05, 0.1) is 19.1 Å². The molecule has 5 nitrogen and oxygen atoms in total. The maximum Gasteiger partial charge on any atom is 0.240 e. The summed E-state index contributed by atoms with van der Waals surface area (Å²) in [6.45, 7) is 4.30. The molecular formula is C16H25NO4S. The van der Waals surface area contributed by atoms with Gasteiger partial charge in [0.1, 0.15) is 0 Å². The lowest BCUT2D eigenvalue weighted by molar-refractivity contribution is 0.227. The molecule has 0 saturated heterocycles. The average Bonchev–Trinajstić information content (AvgIpc) is 2.51. The predicted molar refractivity (Wildman–Crippen MR) is 85.8 cm³/mol. The van der Waals surface area contributed by atoms with E-state index in [1.165, 1.54) is 20.3 Å². The molecule has 0 bridgehead atoms. The zero-order valence-corrected chi connectivity index (χ0v) is 14.4. The minimum Gasteiger partial charge on any atom is -0.493 e. The Kier molecular flexibility index (Phi) is 5.34. The van der Waals surface area contributed by atoms with Gasteiger partial charge in [0.2, 0.25) is 10.0 Å². The van der Waals surface area contributed by atoms with Crippen molar-refractivity contribution in [3.8, 4) is 11.5 Å². The van der Waals surface area contributed by atoms with Gasteiger partial charge in [-0.05, 0) is 30.4 Å². The number of sulfonamides is 1. The largest absolute Gasteiger partial charge is 0.493 e. The fourth-order valence-electron chi connectivity index (χ4n) is 3.00. The lowest BCUT2D eigenvalue weighted by atomic mass is 9.78. The van der Waals surface area contributed by atoms with E-state index < -0.39 is 10.0 Å². The van der Waals surface area contributed by atoms with Crippen LogP contribution in [0.25, 0.3) is 0 Å². The molecule has 0 aromatic heterocycles. The molecule has 1 aromatic carbocycles. The molecule has 22 heavy (non-hydrogen) atoms. The Morgan fingerprint density at radius 1 is 1.09 bits per heavy atom. The van der Waals surface area contributed by atoms with E-state index in [1.54, 1.807) is 12.1 Å². The van der Waals surface area contributed by atoms with Gasteiger partial charge in [-0.2, -0.15) is 0 Å². The minimum atomic E-state index is -3.56. The summed E-state index contributed by atoms with van der Waals surface area (Å²) < 4.78 is 38.4. The Morgan fingerprint density at radius 3 is 2.41 bits per heavy atom. The Balaban J connectivity index is 2.23. The standard InChI is InChI=1S/C16H25NO4S/c1-11-6-5-7-14(12(11)2)17-22(18,19)13-8-9-15(20-3)16(10-13)21-4/h8-12,14,17H,5-7H2,1-4H3/t11-,12+,14-/m0/s1. The molecule has 0 aliphatic heterocycles. The summed E-state index contributed by atoms with van der Waals surface area (Å²) in [4.78, 5) is 0.204. The molecule has 2 rings (SSSR count). The molecule has 3 atom stereocenters. The van der Waals surface area contributed by atoms with E-state index >= 15 is 0 Å². The minimum absolute atomic E-state index is 0.0122. The number of benzene rings is 1. The highest BCUT2D eigenvalue weighted by atomic mass is 32.2. The molecule has 1 saturated carbocycles. The van der Waals surface area contributed by atoms with E-state index in [9.17, 15) is 8.42 Å². The highest BCUT2D eigenvalue weighted by Gasteiger charge is 2.31. The third-order valence-electron chi connectivity index (χ3n) is 4.68. The SMILES string of the molecule is COc1ccc(S(=O)(=O)N[C@H]2CCC[C@H](C)[C@H]2C)cc1OC. The van der Waals surface area contributed by atoms with Gasteiger partial charge in [0.15, 0.2) is 11.5 Å². The third kappa shape index (κ3) is 3.55. The fourth-order valence-corrected chi connectivity index (χ4v) is 4.38. The summed E-state index contributed by atoms with van der Waals surface area (Å²) in [5.74, 6) is 1.80. The molecule has 1 aromatic rings. The summed E-state index contributed by atoms with van der Waals surface area (Å²) in [6.07, 6.45) is 3.11. The van der Waals surface area contributed by atoms with Gasteiger partial charge in [-0.1, -0.05) is 26.7 Å². The molecule has 0 radical (unpaired) electrons. The van der Waals surface area contributed by atoms with E-state index in [0.29, 0.717) is 23.3 Å². The molecule has 1 N–H and O–H groups in total. The van der Waals surface area contributed by atoms with Crippen LogP contribution in [0.2, 0.25) is 0 Å². The van der Waals surface area contributed by atoms with Crippen molar-refractivity contribution in [1.82, 2.24) is 4.72 Å². The second kappa shape index (κ2) is 6.87. The number of hydrogen-bond donors (Lipinski definition) is 1. The van der Waals surface area contributed by atoms with Crippen LogP contribution in [0.4, 0.5) is 0 Å². The maximum atomic E-state index is 12.6. The van der Waals surface area contributed by atoms with E-state index in [4.69, 9.17) is 9.47 Å². The molecule has 0 unspecified atom stereocenters. The molecule has 1 aliphatic carbocycles. The Labute approximate surface area is 133 Å². The van der Waals surface area contributed by atoms with Crippen molar-refractivity contribution >= 4 is 10.0 Å². The van der Waals surface area contributed by atoms with E-state index in [2.05, 4.69) is 18.6 Å². The number of nitrogens with one attached hydrogen (secondary N) is 1. The van der Waals surface area contributed by atoms with Crippen molar-refractivity contribution in [2.75, 3.05) is 14.2 Å². The molecule has 0 amide bonds. The second-order valence-corrected chi connectivity index (χ2v) is 7.73. The molecule has 1 fully saturated rings. The maximum absolute atomic E-state index is 12.6. The molecule has 0 spiro atoms. The number of hydrogen-bond acceptors (Lipinski definition) is 4. The summed E-state index contributed by atoms with van der Waals surface area (Å²) in [7, 11) is -0.544. The van der Waals surface area contributed by atoms with Crippen LogP contribution in [0.15, 0.2) is 23.1 Å². The number of ether oxygens (including phenoxy) is 2. The normalized spacial score (nSPS) is 25.7. The van der Waals surface area contributed by atoms with E-state index in [0.717, 1.165) is 19.3 Å². The van der Waals surface area contributed by atoms with Gasteiger partial charge < -0.3 is 9.47 Å². The van der Waals surface area contributed by atoms with Crippen LogP contribution >= 0.6 is 0 Å². The van der Waals surface area contributed by atoms with Crippen LogP contribution in [0.3, 0.4) is 0 Å². The van der Waals surface area contributed by atoms with Crippen molar-refractivity contribution in [3.63, 3.8) is 0 Å². The van der Waals surface area contributed by atoms with Crippen LogP contribution in [-0.2, 0) is 10.0 Å². The lowest BCUT2D eigenvalue weighted by Crippen LogP contribution is -2.43. The van der Waals surface area contributed by atoms with Gasteiger partial charge in [-0.25, -0.2) is 13.1 Å². The Morgan fingerprint density at radius 2 is 1.77 bits per heavy atom. The van der Waals surface area contributed by atoms with Gasteiger partial charge >= 0.3 is 0 Å². The molecule has 124 valence electrons. The lowest BCUT2D eigenvalue weighted by Gasteiger charge is -2.34. The fraction of sp³-hybridized carbons (Fsp3) is 0.625. The van der Waals surface area contributed by atoms with Crippen LogP contribution < -0.4 is 14.2 Å². The van der Waals surface area contributed by atoms with Crippen LogP contribution in [0.5, 0.6) is 11.5 Å². The van der Waals surface area contributed by atoms with Crippen LogP contribution in [0.1, 0.15) is 33.1 Å². The van der Waals surface area contributed by atoms with E-state index in [-0.39, 0.29) is 10.9 Å². The Hall–Kier alpha value is -1.27. The van der Waals surface area contributed by atoms with Crippen LogP contribution in [0, 0.1) is 11.8 Å². The van der Waals surface area contributed by atoms with Gasteiger partial charge in [0, 0.05) is 12.1 Å². The van der Waals surface area contributed by atoms with Crippen molar-refractivity contribution in [1.29, 1.82) is 0 Å². The zero-order chi connectivity index (χ0) is 16.3. The summed E-state index contributed by atoms with van der Waals surface area (Å²) in [6, 6.07) is 4.64. The summed E-state index contributed by atoms with van der Waals surface area (Å²) in [5, 5.41) is 0. The predicted octanol–water partition coefficient (Wildman–Crippen LogP) is 2.81. The monoisotopic (exact) mass is 327 g/mol. The smallest absolute Gasteiger partial charge is 0.240 e.